The Balaban J connectivity index is 2.51. The van der Waals surface area contributed by atoms with Crippen molar-refractivity contribution in [1.29, 1.82) is 0 Å². The summed E-state index contributed by atoms with van der Waals surface area (Å²) in [6.07, 6.45) is 4.47. The van der Waals surface area contributed by atoms with Gasteiger partial charge in [-0.25, -0.2) is 0 Å². The molecule has 1 heterocycles. The Morgan fingerprint density at radius 2 is 2.22 bits per heavy atom. The van der Waals surface area contributed by atoms with Crippen molar-refractivity contribution in [2.24, 2.45) is 5.92 Å². The summed E-state index contributed by atoms with van der Waals surface area (Å²) in [7, 11) is -1.64. The van der Waals surface area contributed by atoms with E-state index in [1.54, 1.807) is 0 Å². The largest absolute Gasteiger partial charge is 0.324 e. The molecule has 0 N–H and O–H groups in total. The normalized spacial score (nSPS) is 44.9. The Morgan fingerprint density at radius 1 is 1.56 bits per heavy atom. The van der Waals surface area contributed by atoms with Crippen molar-refractivity contribution in [3.63, 3.8) is 0 Å². The second-order valence-corrected chi connectivity index (χ2v) is 6.86. The summed E-state index contributed by atoms with van der Waals surface area (Å²) < 4.78 is 11.4. The van der Waals surface area contributed by atoms with Crippen molar-refractivity contribution in [1.82, 2.24) is 0 Å². The van der Waals surface area contributed by atoms with Crippen LogP contribution in [0.5, 0.6) is 0 Å². The van der Waals surface area contributed by atoms with Crippen LogP contribution >= 0.6 is 7.14 Å². The minimum absolute atomic E-state index is 0.717. The van der Waals surface area contributed by atoms with Crippen molar-refractivity contribution < 1.29 is 4.57 Å². The van der Waals surface area contributed by atoms with Crippen LogP contribution in [0.25, 0.3) is 0 Å². The SMILES string of the molecule is C[C@@H]1CCC[P@](C)(=O)C1. The van der Waals surface area contributed by atoms with E-state index >= 15 is 0 Å². The highest BCUT2D eigenvalue weighted by Gasteiger charge is 2.23. The van der Waals surface area contributed by atoms with E-state index in [9.17, 15) is 4.57 Å². The summed E-state index contributed by atoms with van der Waals surface area (Å²) in [6.45, 7) is 4.15. The molecular weight excluding hydrogens is 131 g/mol. The highest BCUT2D eigenvalue weighted by atomic mass is 31.2. The molecule has 1 nitrogen and oxygen atoms in total. The molecule has 1 fully saturated rings. The van der Waals surface area contributed by atoms with Gasteiger partial charge in [0.25, 0.3) is 0 Å². The highest BCUT2D eigenvalue weighted by molar-refractivity contribution is 7.63. The Kier molecular flexibility index (Phi) is 2.00. The summed E-state index contributed by atoms with van der Waals surface area (Å²) in [4.78, 5) is 0. The van der Waals surface area contributed by atoms with E-state index in [0.717, 1.165) is 18.2 Å². The first-order valence-electron chi connectivity index (χ1n) is 3.66. The molecule has 2 heteroatoms. The molecule has 1 rings (SSSR count). The molecule has 9 heavy (non-hydrogen) atoms. The molecule has 1 aliphatic rings. The first-order valence-corrected chi connectivity index (χ1v) is 6.18. The van der Waals surface area contributed by atoms with Gasteiger partial charge in [-0.3, -0.25) is 0 Å². The molecule has 0 aliphatic carbocycles. The lowest BCUT2D eigenvalue weighted by atomic mass is 10.1. The molecule has 0 unspecified atom stereocenters. The van der Waals surface area contributed by atoms with Crippen LogP contribution in [0.1, 0.15) is 19.8 Å². The zero-order chi connectivity index (χ0) is 6.91. The quantitative estimate of drug-likeness (QED) is 0.479. The van der Waals surface area contributed by atoms with Gasteiger partial charge in [-0.2, -0.15) is 0 Å². The molecule has 1 saturated heterocycles. The van der Waals surface area contributed by atoms with E-state index in [2.05, 4.69) is 6.92 Å². The van der Waals surface area contributed by atoms with E-state index in [0.29, 0.717) is 0 Å². The highest BCUT2D eigenvalue weighted by Crippen LogP contribution is 2.48. The van der Waals surface area contributed by atoms with Crippen molar-refractivity contribution in [2.45, 2.75) is 19.8 Å². The first kappa shape index (κ1) is 7.34. The van der Waals surface area contributed by atoms with E-state index in [-0.39, 0.29) is 0 Å². The van der Waals surface area contributed by atoms with Crippen LogP contribution in [0, 0.1) is 5.92 Å². The number of hydrogen-bond donors (Lipinski definition) is 0. The fraction of sp³-hybridized carbons (Fsp3) is 1.00. The van der Waals surface area contributed by atoms with Crippen LogP contribution in [-0.2, 0) is 4.57 Å². The van der Waals surface area contributed by atoms with Gasteiger partial charge in [0.05, 0.1) is 7.14 Å². The first-order chi connectivity index (χ1) is 4.10. The van der Waals surface area contributed by atoms with Gasteiger partial charge in [-0.05, 0) is 25.4 Å². The second-order valence-electron chi connectivity index (χ2n) is 3.45. The van der Waals surface area contributed by atoms with E-state index < -0.39 is 7.14 Å². The molecule has 0 spiro atoms. The zero-order valence-corrected chi connectivity index (χ0v) is 7.16. The Hall–Kier alpha value is 0.230. The van der Waals surface area contributed by atoms with Crippen LogP contribution in [0.3, 0.4) is 0 Å². The summed E-state index contributed by atoms with van der Waals surface area (Å²) in [5.41, 5.74) is 0. The molecule has 0 aromatic carbocycles. The fourth-order valence-electron chi connectivity index (χ4n) is 1.62. The molecule has 0 radical (unpaired) electrons. The molecule has 0 amide bonds. The lowest BCUT2D eigenvalue weighted by Gasteiger charge is -2.23. The smallest absolute Gasteiger partial charge is 0.0851 e. The van der Waals surface area contributed by atoms with Crippen LogP contribution in [-0.4, -0.2) is 19.0 Å². The monoisotopic (exact) mass is 146 g/mol. The van der Waals surface area contributed by atoms with Gasteiger partial charge >= 0.3 is 0 Å². The summed E-state index contributed by atoms with van der Waals surface area (Å²) >= 11 is 0. The van der Waals surface area contributed by atoms with Crippen molar-refractivity contribution >= 4 is 7.14 Å². The maximum atomic E-state index is 11.4. The van der Waals surface area contributed by atoms with Crippen LogP contribution in [0.15, 0.2) is 0 Å². The average Bonchev–Trinajstić information content (AvgIpc) is 1.60. The third-order valence-corrected chi connectivity index (χ3v) is 4.68. The third kappa shape index (κ3) is 2.14. The maximum absolute atomic E-state index is 11.4. The predicted molar refractivity (Wildman–Crippen MR) is 41.7 cm³/mol. The lowest BCUT2D eigenvalue weighted by Crippen LogP contribution is -2.11. The Labute approximate surface area is 57.2 Å². The Bertz CT molecular complexity index is 142. The van der Waals surface area contributed by atoms with Gasteiger partial charge in [-0.1, -0.05) is 6.92 Å². The van der Waals surface area contributed by atoms with E-state index in [1.807, 2.05) is 6.66 Å². The van der Waals surface area contributed by atoms with Crippen molar-refractivity contribution in [3.8, 4) is 0 Å². The Morgan fingerprint density at radius 3 is 2.56 bits per heavy atom. The second kappa shape index (κ2) is 2.46. The van der Waals surface area contributed by atoms with Gasteiger partial charge in [0.15, 0.2) is 0 Å². The fourth-order valence-corrected chi connectivity index (χ4v) is 4.15. The van der Waals surface area contributed by atoms with Crippen LogP contribution < -0.4 is 0 Å². The van der Waals surface area contributed by atoms with E-state index in [4.69, 9.17) is 0 Å². The summed E-state index contributed by atoms with van der Waals surface area (Å²) in [6, 6.07) is 0. The summed E-state index contributed by atoms with van der Waals surface area (Å²) in [5.74, 6) is 0.717. The molecular formula is C7H15OP. The predicted octanol–water partition coefficient (Wildman–Crippen LogP) is 2.41. The minimum atomic E-state index is -1.64. The molecule has 1 aliphatic heterocycles. The molecule has 0 bridgehead atoms. The lowest BCUT2D eigenvalue weighted by molar-refractivity contribution is 0.515. The number of rotatable bonds is 0. The van der Waals surface area contributed by atoms with Crippen LogP contribution in [0.4, 0.5) is 0 Å². The van der Waals surface area contributed by atoms with Crippen molar-refractivity contribution in [3.05, 3.63) is 0 Å². The molecule has 2 atom stereocenters. The van der Waals surface area contributed by atoms with Crippen molar-refractivity contribution in [2.75, 3.05) is 19.0 Å². The van der Waals surface area contributed by atoms with Gasteiger partial charge in [0, 0.05) is 12.3 Å². The standard InChI is InChI=1S/C7H15OP/c1-7-4-3-5-9(2,8)6-7/h7H,3-6H2,1-2H3/t7-,9+/m1/s1. The topological polar surface area (TPSA) is 17.1 Å². The van der Waals surface area contributed by atoms with Gasteiger partial charge < -0.3 is 4.57 Å². The van der Waals surface area contributed by atoms with Gasteiger partial charge in [0.2, 0.25) is 0 Å². The number of hydrogen-bond acceptors (Lipinski definition) is 1. The van der Waals surface area contributed by atoms with Crippen LogP contribution in [0.2, 0.25) is 0 Å². The minimum Gasteiger partial charge on any atom is -0.324 e. The average molecular weight is 146 g/mol. The molecule has 0 saturated carbocycles. The third-order valence-electron chi connectivity index (χ3n) is 2.03. The summed E-state index contributed by atoms with van der Waals surface area (Å²) in [5, 5.41) is 0. The molecule has 0 aromatic heterocycles. The van der Waals surface area contributed by atoms with Gasteiger partial charge in [0.1, 0.15) is 0 Å². The zero-order valence-electron chi connectivity index (χ0n) is 6.26. The molecule has 0 aromatic rings. The van der Waals surface area contributed by atoms with Gasteiger partial charge in [-0.15, -0.1) is 0 Å². The van der Waals surface area contributed by atoms with E-state index in [1.165, 1.54) is 12.8 Å². The maximum Gasteiger partial charge on any atom is 0.0851 e. The molecule has 54 valence electrons.